The quantitative estimate of drug-likeness (QED) is 0.275. The van der Waals surface area contributed by atoms with Crippen molar-refractivity contribution in [1.29, 1.82) is 0 Å². The maximum Gasteiger partial charge on any atom is -0.00266 e. The molecule has 0 saturated carbocycles. The third-order valence-corrected chi connectivity index (χ3v) is 6.25. The lowest BCUT2D eigenvalue weighted by Gasteiger charge is -2.17. The zero-order valence-electron chi connectivity index (χ0n) is 17.7. The molecule has 0 nitrogen and oxygen atoms in total. The Morgan fingerprint density at radius 3 is 1.44 bits per heavy atom. The second-order valence-corrected chi connectivity index (χ2v) is 8.22. The van der Waals surface area contributed by atoms with Crippen LogP contribution in [0.5, 0.6) is 0 Å². The molecule has 0 saturated heterocycles. The fourth-order valence-electron chi connectivity index (χ4n) is 4.66. The summed E-state index contributed by atoms with van der Waals surface area (Å²) >= 11 is 0. The monoisotopic (exact) mass is 406 g/mol. The predicted octanol–water partition coefficient (Wildman–Crippen LogP) is 8.99. The zero-order chi connectivity index (χ0) is 21.3. The Morgan fingerprint density at radius 2 is 0.781 bits per heavy atom. The van der Waals surface area contributed by atoms with Crippen LogP contribution in [0.2, 0.25) is 0 Å². The first kappa shape index (κ1) is 18.6. The van der Waals surface area contributed by atoms with Gasteiger partial charge in [0, 0.05) is 0 Å². The highest BCUT2D eigenvalue weighted by atomic mass is 14.2. The summed E-state index contributed by atoms with van der Waals surface area (Å²) < 4.78 is 0. The SMILES string of the molecule is c1ccc(-c2cccc(-c3ccc4ccccc4c3)c2-c2ccc3ccccc3c2)cc1. The Balaban J connectivity index is 1.65. The van der Waals surface area contributed by atoms with Crippen LogP contribution in [-0.2, 0) is 0 Å². The van der Waals surface area contributed by atoms with Crippen LogP contribution < -0.4 is 0 Å². The summed E-state index contributed by atoms with van der Waals surface area (Å²) in [5.74, 6) is 0. The van der Waals surface area contributed by atoms with E-state index in [0.29, 0.717) is 0 Å². The first-order chi connectivity index (χ1) is 15.9. The molecule has 6 rings (SSSR count). The average molecular weight is 407 g/mol. The van der Waals surface area contributed by atoms with Gasteiger partial charge in [-0.2, -0.15) is 0 Å². The van der Waals surface area contributed by atoms with E-state index in [1.807, 2.05) is 0 Å². The van der Waals surface area contributed by atoms with Crippen LogP contribution in [0, 0.1) is 0 Å². The smallest absolute Gasteiger partial charge is 0.00266 e. The van der Waals surface area contributed by atoms with Crippen molar-refractivity contribution in [2.45, 2.75) is 0 Å². The van der Waals surface area contributed by atoms with Gasteiger partial charge in [0.25, 0.3) is 0 Å². The van der Waals surface area contributed by atoms with Crippen LogP contribution in [0.3, 0.4) is 0 Å². The van der Waals surface area contributed by atoms with Crippen LogP contribution in [-0.4, -0.2) is 0 Å². The van der Waals surface area contributed by atoms with Gasteiger partial charge in [-0.25, -0.2) is 0 Å². The number of rotatable bonds is 3. The van der Waals surface area contributed by atoms with E-state index in [-0.39, 0.29) is 0 Å². The average Bonchev–Trinajstić information content (AvgIpc) is 2.88. The summed E-state index contributed by atoms with van der Waals surface area (Å²) in [7, 11) is 0. The Morgan fingerprint density at radius 1 is 0.281 bits per heavy atom. The highest BCUT2D eigenvalue weighted by Crippen LogP contribution is 2.41. The van der Waals surface area contributed by atoms with Crippen molar-refractivity contribution >= 4 is 21.5 Å². The van der Waals surface area contributed by atoms with Crippen LogP contribution in [0.1, 0.15) is 0 Å². The first-order valence-corrected chi connectivity index (χ1v) is 11.0. The molecule has 0 N–H and O–H groups in total. The number of benzene rings is 6. The maximum atomic E-state index is 2.32. The second-order valence-electron chi connectivity index (χ2n) is 8.22. The minimum Gasteiger partial charge on any atom is -0.0622 e. The van der Waals surface area contributed by atoms with Crippen LogP contribution in [0.25, 0.3) is 54.9 Å². The molecular formula is C32H22. The predicted molar refractivity (Wildman–Crippen MR) is 138 cm³/mol. The summed E-state index contributed by atoms with van der Waals surface area (Å²) in [5, 5.41) is 5.06. The van der Waals surface area contributed by atoms with Crippen molar-refractivity contribution in [3.63, 3.8) is 0 Å². The molecule has 0 fully saturated rings. The highest BCUT2D eigenvalue weighted by molar-refractivity contribution is 5.99. The van der Waals surface area contributed by atoms with Gasteiger partial charge < -0.3 is 0 Å². The van der Waals surface area contributed by atoms with E-state index in [4.69, 9.17) is 0 Å². The summed E-state index contributed by atoms with van der Waals surface area (Å²) in [5.41, 5.74) is 7.51. The fourth-order valence-corrected chi connectivity index (χ4v) is 4.66. The van der Waals surface area contributed by atoms with E-state index in [0.717, 1.165) is 0 Å². The maximum absolute atomic E-state index is 2.32. The van der Waals surface area contributed by atoms with Crippen molar-refractivity contribution in [2.75, 3.05) is 0 Å². The Labute approximate surface area is 188 Å². The lowest BCUT2D eigenvalue weighted by atomic mass is 9.86. The van der Waals surface area contributed by atoms with Crippen molar-refractivity contribution < 1.29 is 0 Å². The van der Waals surface area contributed by atoms with Gasteiger partial charge in [0.15, 0.2) is 0 Å². The van der Waals surface area contributed by atoms with Gasteiger partial charge in [0.1, 0.15) is 0 Å². The molecule has 0 heterocycles. The van der Waals surface area contributed by atoms with Crippen molar-refractivity contribution in [3.05, 3.63) is 133 Å². The third-order valence-electron chi connectivity index (χ3n) is 6.25. The number of fused-ring (bicyclic) bond motifs is 2. The molecule has 0 spiro atoms. The summed E-state index contributed by atoms with van der Waals surface area (Å²) in [6.07, 6.45) is 0. The molecule has 6 aromatic rings. The zero-order valence-corrected chi connectivity index (χ0v) is 17.7. The van der Waals surface area contributed by atoms with Gasteiger partial charge >= 0.3 is 0 Å². The highest BCUT2D eigenvalue weighted by Gasteiger charge is 2.14. The van der Waals surface area contributed by atoms with E-state index in [1.54, 1.807) is 0 Å². The molecule has 0 aliphatic rings. The third kappa shape index (κ3) is 3.27. The lowest BCUT2D eigenvalue weighted by Crippen LogP contribution is -1.91. The van der Waals surface area contributed by atoms with E-state index < -0.39 is 0 Å². The summed E-state index contributed by atoms with van der Waals surface area (Å²) in [6, 6.07) is 48.1. The Kier molecular flexibility index (Phi) is 4.55. The first-order valence-electron chi connectivity index (χ1n) is 11.0. The molecule has 32 heavy (non-hydrogen) atoms. The van der Waals surface area contributed by atoms with Crippen molar-refractivity contribution in [1.82, 2.24) is 0 Å². The van der Waals surface area contributed by atoms with Crippen LogP contribution in [0.4, 0.5) is 0 Å². The van der Waals surface area contributed by atoms with Gasteiger partial charge in [0.2, 0.25) is 0 Å². The Hall–Kier alpha value is -4.16. The molecule has 0 aliphatic carbocycles. The molecule has 150 valence electrons. The lowest BCUT2D eigenvalue weighted by molar-refractivity contribution is 1.57. The summed E-state index contributed by atoms with van der Waals surface area (Å²) in [6.45, 7) is 0. The molecule has 0 radical (unpaired) electrons. The normalized spacial score (nSPS) is 11.1. The van der Waals surface area contributed by atoms with Gasteiger partial charge in [-0.15, -0.1) is 0 Å². The Bertz CT molecular complexity index is 1560. The molecule has 0 amide bonds. The van der Waals surface area contributed by atoms with E-state index >= 15 is 0 Å². The molecule has 0 aromatic heterocycles. The molecule has 0 heteroatoms. The topological polar surface area (TPSA) is 0 Å². The van der Waals surface area contributed by atoms with Gasteiger partial charge in [-0.1, -0.05) is 121 Å². The molecular weight excluding hydrogens is 384 g/mol. The standard InChI is InChI=1S/C32H22/c1-2-11-25(12-3-1)30-15-8-16-31(28-19-17-23-9-4-6-13-26(23)21-28)32(30)29-20-18-24-10-5-7-14-27(24)22-29/h1-22H. The molecule has 6 aromatic carbocycles. The van der Waals surface area contributed by atoms with E-state index in [1.165, 1.54) is 54.9 Å². The largest absolute Gasteiger partial charge is 0.0622 e. The van der Waals surface area contributed by atoms with Crippen LogP contribution >= 0.6 is 0 Å². The minimum atomic E-state index is 1.23. The minimum absolute atomic E-state index is 1.23. The van der Waals surface area contributed by atoms with E-state index in [9.17, 15) is 0 Å². The number of hydrogen-bond donors (Lipinski definition) is 0. The molecule has 0 atom stereocenters. The van der Waals surface area contributed by atoms with Crippen molar-refractivity contribution in [2.24, 2.45) is 0 Å². The van der Waals surface area contributed by atoms with E-state index in [2.05, 4.69) is 133 Å². The van der Waals surface area contributed by atoms with Gasteiger partial charge in [0.05, 0.1) is 0 Å². The number of hydrogen-bond acceptors (Lipinski definition) is 0. The van der Waals surface area contributed by atoms with Gasteiger partial charge in [-0.05, 0) is 67.1 Å². The molecule has 0 unspecified atom stereocenters. The molecule has 0 bridgehead atoms. The van der Waals surface area contributed by atoms with Crippen LogP contribution in [0.15, 0.2) is 133 Å². The second kappa shape index (κ2) is 7.83. The summed E-state index contributed by atoms with van der Waals surface area (Å²) in [4.78, 5) is 0. The van der Waals surface area contributed by atoms with Gasteiger partial charge in [-0.3, -0.25) is 0 Å². The molecule has 0 aliphatic heterocycles. The fraction of sp³-hybridized carbons (Fsp3) is 0. The van der Waals surface area contributed by atoms with Crippen molar-refractivity contribution in [3.8, 4) is 33.4 Å².